The van der Waals surface area contributed by atoms with Crippen molar-refractivity contribution in [3.8, 4) is 0 Å². The Balaban J connectivity index is 2.42. The fourth-order valence-electron chi connectivity index (χ4n) is 1.32. The molecular weight excluding hydrogens is 180 g/mol. The van der Waals surface area contributed by atoms with Crippen molar-refractivity contribution >= 4 is 11.9 Å². The minimum Gasteiger partial charge on any atom is -0.399 e. The van der Waals surface area contributed by atoms with Crippen LogP contribution in [-0.2, 0) is 5.54 Å². The molecule has 0 saturated carbocycles. The van der Waals surface area contributed by atoms with E-state index in [0.29, 0.717) is 5.69 Å². The molecule has 1 aromatic rings. The van der Waals surface area contributed by atoms with Crippen LogP contribution in [0.25, 0.3) is 0 Å². The van der Waals surface area contributed by atoms with Crippen molar-refractivity contribution in [3.63, 3.8) is 0 Å². The lowest BCUT2D eigenvalue weighted by Gasteiger charge is -2.18. The highest BCUT2D eigenvalue weighted by molar-refractivity contribution is 5.74. The van der Waals surface area contributed by atoms with Gasteiger partial charge in [-0.3, -0.25) is 0 Å². The lowest BCUT2D eigenvalue weighted by atomic mass is 9.93. The zero-order valence-corrected chi connectivity index (χ0v) is 7.46. The molecule has 0 radical (unpaired) electrons. The van der Waals surface area contributed by atoms with Crippen LogP contribution in [0.15, 0.2) is 39.7 Å². The van der Waals surface area contributed by atoms with Crippen molar-refractivity contribution in [2.75, 3.05) is 12.3 Å². The molecule has 14 heavy (non-hydrogen) atoms. The molecule has 0 fully saturated rings. The molecule has 0 amide bonds. The third-order valence-corrected chi connectivity index (χ3v) is 2.20. The summed E-state index contributed by atoms with van der Waals surface area (Å²) in [4.78, 5) is 0. The summed E-state index contributed by atoms with van der Waals surface area (Å²) in [7, 11) is 0. The smallest absolute Gasteiger partial charge is 0.168 e. The summed E-state index contributed by atoms with van der Waals surface area (Å²) in [5.74, 6) is 0. The van der Waals surface area contributed by atoms with Crippen LogP contribution in [0, 0.1) is 0 Å². The van der Waals surface area contributed by atoms with Crippen molar-refractivity contribution < 1.29 is 5.11 Å². The van der Waals surface area contributed by atoms with Gasteiger partial charge in [0.05, 0.1) is 12.8 Å². The zero-order valence-electron chi connectivity index (χ0n) is 7.46. The fraction of sp³-hybridized carbons (Fsp3) is 0.222. The van der Waals surface area contributed by atoms with E-state index in [1.54, 1.807) is 12.1 Å². The average Bonchev–Trinajstić information content (AvgIpc) is 2.68. The number of hydrogen-bond donors (Lipinski definition) is 2. The Morgan fingerprint density at radius 1 is 1.29 bits per heavy atom. The summed E-state index contributed by atoms with van der Waals surface area (Å²) in [5.41, 5.74) is 6.26. The molecule has 72 valence electrons. The Bertz CT molecular complexity index is 370. The van der Waals surface area contributed by atoms with E-state index in [1.807, 2.05) is 12.1 Å². The van der Waals surface area contributed by atoms with E-state index in [4.69, 9.17) is 5.73 Å². The third-order valence-electron chi connectivity index (χ3n) is 2.20. The van der Waals surface area contributed by atoms with Gasteiger partial charge < -0.3 is 10.8 Å². The second kappa shape index (κ2) is 3.19. The van der Waals surface area contributed by atoms with Crippen molar-refractivity contribution in [1.82, 2.24) is 0 Å². The second-order valence-electron chi connectivity index (χ2n) is 3.14. The van der Waals surface area contributed by atoms with E-state index >= 15 is 0 Å². The highest BCUT2D eigenvalue weighted by Gasteiger charge is 2.32. The summed E-state index contributed by atoms with van der Waals surface area (Å²) < 4.78 is 0. The van der Waals surface area contributed by atoms with E-state index in [1.165, 1.54) is 6.21 Å². The quantitative estimate of drug-likeness (QED) is 0.679. The Kier molecular flexibility index (Phi) is 2.01. The first-order chi connectivity index (χ1) is 6.77. The number of benzene rings is 1. The standard InChI is InChI=1S/C9H10N4O/c10-8-3-1-7(2-4-8)9(6-14)5-11-13-12-9/h1-5,14H,6,10H2. The lowest BCUT2D eigenvalue weighted by molar-refractivity contribution is 0.242. The number of hydrogen-bond acceptors (Lipinski definition) is 5. The molecule has 0 aromatic heterocycles. The summed E-state index contributed by atoms with van der Waals surface area (Å²) in [5, 5.41) is 20.3. The number of nitrogens with zero attached hydrogens (tertiary/aromatic N) is 3. The van der Waals surface area contributed by atoms with Crippen LogP contribution < -0.4 is 5.73 Å². The predicted octanol–water partition coefficient (Wildman–Crippen LogP) is 0.908. The fourth-order valence-corrected chi connectivity index (χ4v) is 1.32. The molecule has 1 aromatic carbocycles. The maximum Gasteiger partial charge on any atom is 0.168 e. The van der Waals surface area contributed by atoms with Crippen molar-refractivity contribution in [3.05, 3.63) is 29.8 Å². The maximum absolute atomic E-state index is 9.26. The third kappa shape index (κ3) is 1.27. The molecule has 2 rings (SSSR count). The largest absolute Gasteiger partial charge is 0.399 e. The number of nitrogens with two attached hydrogens (primary N) is 1. The predicted molar refractivity (Wildman–Crippen MR) is 53.0 cm³/mol. The molecule has 1 aliphatic rings. The molecule has 0 saturated heterocycles. The monoisotopic (exact) mass is 190 g/mol. The van der Waals surface area contributed by atoms with Crippen LogP contribution >= 0.6 is 0 Å². The molecule has 1 heterocycles. The van der Waals surface area contributed by atoms with Gasteiger partial charge in [0.15, 0.2) is 5.54 Å². The van der Waals surface area contributed by atoms with Gasteiger partial charge in [0.25, 0.3) is 0 Å². The zero-order chi connectivity index (χ0) is 10.0. The second-order valence-corrected chi connectivity index (χ2v) is 3.14. The highest BCUT2D eigenvalue weighted by atomic mass is 16.3. The van der Waals surface area contributed by atoms with Crippen LogP contribution in [0.2, 0.25) is 0 Å². The average molecular weight is 190 g/mol. The van der Waals surface area contributed by atoms with Crippen molar-refractivity contribution in [2.24, 2.45) is 15.4 Å². The van der Waals surface area contributed by atoms with Crippen LogP contribution in [0.3, 0.4) is 0 Å². The molecule has 1 unspecified atom stereocenters. The Morgan fingerprint density at radius 3 is 2.50 bits per heavy atom. The summed E-state index contributed by atoms with van der Waals surface area (Å²) in [6, 6.07) is 7.13. The van der Waals surface area contributed by atoms with Crippen molar-refractivity contribution in [1.29, 1.82) is 0 Å². The molecule has 0 bridgehead atoms. The van der Waals surface area contributed by atoms with Gasteiger partial charge >= 0.3 is 0 Å². The first kappa shape index (κ1) is 8.83. The molecule has 1 aliphatic heterocycles. The molecule has 3 N–H and O–H groups in total. The summed E-state index contributed by atoms with van der Waals surface area (Å²) in [6.07, 6.45) is 1.53. The topological polar surface area (TPSA) is 83.3 Å². The minimum atomic E-state index is -0.812. The van der Waals surface area contributed by atoms with Gasteiger partial charge in [-0.1, -0.05) is 12.1 Å². The van der Waals surface area contributed by atoms with Gasteiger partial charge in [-0.2, -0.15) is 0 Å². The maximum atomic E-state index is 9.26. The van der Waals surface area contributed by atoms with E-state index in [0.717, 1.165) is 5.56 Å². The van der Waals surface area contributed by atoms with Gasteiger partial charge in [0.1, 0.15) is 0 Å². The van der Waals surface area contributed by atoms with E-state index in [2.05, 4.69) is 15.4 Å². The van der Waals surface area contributed by atoms with Crippen LogP contribution in [0.5, 0.6) is 0 Å². The number of anilines is 1. The van der Waals surface area contributed by atoms with E-state index < -0.39 is 5.54 Å². The van der Waals surface area contributed by atoms with Gasteiger partial charge in [-0.15, -0.1) is 10.2 Å². The first-order valence-electron chi connectivity index (χ1n) is 4.20. The van der Waals surface area contributed by atoms with Crippen LogP contribution in [-0.4, -0.2) is 17.9 Å². The minimum absolute atomic E-state index is 0.149. The first-order valence-corrected chi connectivity index (χ1v) is 4.20. The molecule has 0 aliphatic carbocycles. The van der Waals surface area contributed by atoms with E-state index in [9.17, 15) is 5.11 Å². The number of nitrogen functional groups attached to an aromatic ring is 1. The highest BCUT2D eigenvalue weighted by Crippen LogP contribution is 2.27. The molecule has 5 nitrogen and oxygen atoms in total. The number of aliphatic hydroxyl groups excluding tert-OH is 1. The summed E-state index contributed by atoms with van der Waals surface area (Å²) >= 11 is 0. The number of aliphatic hydroxyl groups is 1. The molecule has 1 atom stereocenters. The van der Waals surface area contributed by atoms with Gasteiger partial charge in [0.2, 0.25) is 0 Å². The van der Waals surface area contributed by atoms with Gasteiger partial charge in [-0.25, -0.2) is 0 Å². The molecular formula is C9H10N4O. The number of rotatable bonds is 2. The Hall–Kier alpha value is -1.75. The normalized spacial score (nSPS) is 24.4. The Morgan fingerprint density at radius 2 is 2.00 bits per heavy atom. The van der Waals surface area contributed by atoms with Crippen molar-refractivity contribution in [2.45, 2.75) is 5.54 Å². The van der Waals surface area contributed by atoms with Gasteiger partial charge in [0, 0.05) is 5.69 Å². The van der Waals surface area contributed by atoms with Gasteiger partial charge in [-0.05, 0) is 22.9 Å². The van der Waals surface area contributed by atoms with Crippen LogP contribution in [0.1, 0.15) is 5.56 Å². The van der Waals surface area contributed by atoms with Crippen LogP contribution in [0.4, 0.5) is 5.69 Å². The summed E-state index contributed by atoms with van der Waals surface area (Å²) in [6.45, 7) is -0.149. The lowest BCUT2D eigenvalue weighted by Crippen LogP contribution is -2.27. The molecule has 5 heteroatoms. The molecule has 0 spiro atoms. The SMILES string of the molecule is Nc1ccc(C2(CO)C=NN=N2)cc1. The van der Waals surface area contributed by atoms with E-state index in [-0.39, 0.29) is 6.61 Å². The Labute approximate surface area is 81.0 Å².